The van der Waals surface area contributed by atoms with Crippen molar-refractivity contribution in [2.24, 2.45) is 0 Å². The highest BCUT2D eigenvalue weighted by Crippen LogP contribution is 2.31. The van der Waals surface area contributed by atoms with Crippen molar-refractivity contribution in [2.75, 3.05) is 12.9 Å². The number of carbonyl (C=O) groups is 1. The number of hydrogen-bond acceptors (Lipinski definition) is 9. The number of rotatable bonds is 5. The number of methoxy groups -OCH3 is 1. The van der Waals surface area contributed by atoms with E-state index in [0.717, 1.165) is 0 Å². The molecule has 8 nitrogen and oxygen atoms in total. The van der Waals surface area contributed by atoms with Crippen LogP contribution in [0.1, 0.15) is 0 Å². The highest BCUT2D eigenvalue weighted by Gasteiger charge is 2.17. The quantitative estimate of drug-likeness (QED) is 0.357. The van der Waals surface area contributed by atoms with Gasteiger partial charge in [0.2, 0.25) is 0 Å². The average molecular weight is 301 g/mol. The number of carbonyl (C=O) groups excluding carboxylic acids is 1. The molecule has 100 valence electrons. The number of ether oxygens (including phenoxy) is 1. The lowest BCUT2D eigenvalue weighted by molar-refractivity contribution is -0.401. The first-order valence-electron chi connectivity index (χ1n) is 4.88. The SMILES string of the molecule is COC(=O)CSc1nnc(-c2ccc([N+](=O)[O-])o2)s1. The third kappa shape index (κ3) is 3.29. The standard InChI is InChI=1S/C9H7N3O5S2/c1-16-7(13)4-18-9-11-10-8(19-9)5-2-3-6(17-5)12(14)15/h2-3H,4H2,1H3. The van der Waals surface area contributed by atoms with Gasteiger partial charge in [0.1, 0.15) is 4.92 Å². The van der Waals surface area contributed by atoms with E-state index in [1.807, 2.05) is 0 Å². The van der Waals surface area contributed by atoms with Gasteiger partial charge in [-0.1, -0.05) is 23.1 Å². The van der Waals surface area contributed by atoms with Crippen molar-refractivity contribution in [1.29, 1.82) is 0 Å². The van der Waals surface area contributed by atoms with Gasteiger partial charge in [-0.2, -0.15) is 0 Å². The molecular formula is C9H7N3O5S2. The topological polar surface area (TPSA) is 108 Å². The molecule has 0 radical (unpaired) electrons. The third-order valence-corrected chi connectivity index (χ3v) is 3.97. The van der Waals surface area contributed by atoms with Crippen LogP contribution in [0, 0.1) is 10.1 Å². The molecule has 0 atom stereocenters. The normalized spacial score (nSPS) is 10.4. The Kier molecular flexibility index (Phi) is 4.12. The molecule has 2 aromatic rings. The van der Waals surface area contributed by atoms with E-state index >= 15 is 0 Å². The Hall–Kier alpha value is -1.94. The molecule has 0 N–H and O–H groups in total. The van der Waals surface area contributed by atoms with Crippen LogP contribution in [-0.4, -0.2) is 34.0 Å². The molecule has 2 heterocycles. The Morgan fingerprint density at radius 3 is 3.00 bits per heavy atom. The molecule has 0 unspecified atom stereocenters. The largest absolute Gasteiger partial charge is 0.468 e. The molecule has 0 saturated heterocycles. The minimum absolute atomic E-state index is 0.128. The molecule has 2 rings (SSSR count). The van der Waals surface area contributed by atoms with E-state index < -0.39 is 4.92 Å². The van der Waals surface area contributed by atoms with E-state index in [4.69, 9.17) is 4.42 Å². The number of aromatic nitrogens is 2. The summed E-state index contributed by atoms with van der Waals surface area (Å²) in [5.41, 5.74) is 0. The Balaban J connectivity index is 2.07. The van der Waals surface area contributed by atoms with Crippen molar-refractivity contribution < 1.29 is 18.9 Å². The van der Waals surface area contributed by atoms with Crippen LogP contribution < -0.4 is 0 Å². The van der Waals surface area contributed by atoms with E-state index in [0.29, 0.717) is 9.35 Å². The molecule has 0 bridgehead atoms. The zero-order chi connectivity index (χ0) is 13.8. The van der Waals surface area contributed by atoms with Gasteiger partial charge in [0.15, 0.2) is 15.1 Å². The van der Waals surface area contributed by atoms with Crippen LogP contribution in [0.4, 0.5) is 5.88 Å². The lowest BCUT2D eigenvalue weighted by Crippen LogP contribution is -2.02. The molecule has 0 aliphatic rings. The molecule has 0 amide bonds. The van der Waals surface area contributed by atoms with Crippen molar-refractivity contribution in [1.82, 2.24) is 10.2 Å². The van der Waals surface area contributed by atoms with Crippen LogP contribution in [-0.2, 0) is 9.53 Å². The van der Waals surface area contributed by atoms with Gasteiger partial charge in [-0.25, -0.2) is 0 Å². The lowest BCUT2D eigenvalue weighted by atomic mass is 10.5. The molecule has 19 heavy (non-hydrogen) atoms. The first-order valence-corrected chi connectivity index (χ1v) is 6.68. The van der Waals surface area contributed by atoms with E-state index in [9.17, 15) is 14.9 Å². The molecule has 0 saturated carbocycles. The van der Waals surface area contributed by atoms with Crippen LogP contribution in [0.3, 0.4) is 0 Å². The van der Waals surface area contributed by atoms with E-state index in [2.05, 4.69) is 14.9 Å². The monoisotopic (exact) mass is 301 g/mol. The van der Waals surface area contributed by atoms with Crippen LogP contribution in [0.5, 0.6) is 0 Å². The van der Waals surface area contributed by atoms with E-state index in [1.54, 1.807) is 0 Å². The molecule has 0 aliphatic carbocycles. The molecule has 2 aromatic heterocycles. The summed E-state index contributed by atoms with van der Waals surface area (Å²) in [7, 11) is 1.30. The summed E-state index contributed by atoms with van der Waals surface area (Å²) in [6, 6.07) is 2.70. The average Bonchev–Trinajstić information content (AvgIpc) is 3.04. The Morgan fingerprint density at radius 1 is 1.58 bits per heavy atom. The van der Waals surface area contributed by atoms with Crippen molar-refractivity contribution in [3.63, 3.8) is 0 Å². The van der Waals surface area contributed by atoms with Gasteiger partial charge >= 0.3 is 11.9 Å². The molecule has 0 aromatic carbocycles. The first-order chi connectivity index (χ1) is 9.10. The van der Waals surface area contributed by atoms with E-state index in [1.165, 1.54) is 42.3 Å². The first kappa shape index (κ1) is 13.5. The van der Waals surface area contributed by atoms with Gasteiger partial charge in [-0.05, 0) is 6.07 Å². The minimum atomic E-state index is -0.628. The number of thioether (sulfide) groups is 1. The summed E-state index contributed by atoms with van der Waals surface area (Å²) in [5.74, 6) is -0.317. The highest BCUT2D eigenvalue weighted by molar-refractivity contribution is 8.01. The van der Waals surface area contributed by atoms with Gasteiger partial charge in [0.05, 0.1) is 18.9 Å². The summed E-state index contributed by atoms with van der Waals surface area (Å²) in [4.78, 5) is 20.8. The molecule has 0 spiro atoms. The Bertz CT molecular complexity index is 609. The van der Waals surface area contributed by atoms with Crippen LogP contribution in [0.2, 0.25) is 0 Å². The predicted octanol–water partition coefficient (Wildman–Crippen LogP) is 1.97. The minimum Gasteiger partial charge on any atom is -0.468 e. The van der Waals surface area contributed by atoms with Gasteiger partial charge in [0.25, 0.3) is 0 Å². The van der Waals surface area contributed by atoms with Crippen LogP contribution in [0.25, 0.3) is 10.8 Å². The summed E-state index contributed by atoms with van der Waals surface area (Å²) < 4.78 is 10.1. The van der Waals surface area contributed by atoms with Gasteiger partial charge in [-0.15, -0.1) is 10.2 Å². The Morgan fingerprint density at radius 2 is 2.37 bits per heavy atom. The maximum Gasteiger partial charge on any atom is 0.433 e. The van der Waals surface area contributed by atoms with Gasteiger partial charge in [-0.3, -0.25) is 14.9 Å². The van der Waals surface area contributed by atoms with E-state index in [-0.39, 0.29) is 23.4 Å². The smallest absolute Gasteiger partial charge is 0.433 e. The van der Waals surface area contributed by atoms with Crippen LogP contribution in [0.15, 0.2) is 20.9 Å². The lowest BCUT2D eigenvalue weighted by Gasteiger charge is -1.94. The second-order valence-electron chi connectivity index (χ2n) is 3.13. The second kappa shape index (κ2) is 5.80. The second-order valence-corrected chi connectivity index (χ2v) is 5.33. The summed E-state index contributed by atoms with van der Waals surface area (Å²) in [6.45, 7) is 0. The third-order valence-electron chi connectivity index (χ3n) is 1.93. The molecular weight excluding hydrogens is 294 g/mol. The Labute approximate surface area is 114 Å². The van der Waals surface area contributed by atoms with Crippen molar-refractivity contribution in [3.8, 4) is 10.8 Å². The number of nitrogens with zero attached hydrogens (tertiary/aromatic N) is 3. The molecule has 0 fully saturated rings. The number of nitro groups is 1. The number of esters is 1. The van der Waals surface area contributed by atoms with Crippen LogP contribution >= 0.6 is 23.1 Å². The zero-order valence-corrected chi connectivity index (χ0v) is 11.2. The summed E-state index contributed by atoms with van der Waals surface area (Å²) >= 11 is 2.36. The highest BCUT2D eigenvalue weighted by atomic mass is 32.2. The summed E-state index contributed by atoms with van der Waals surface area (Å²) in [6.07, 6.45) is 0. The van der Waals surface area contributed by atoms with Gasteiger partial charge in [0, 0.05) is 0 Å². The fraction of sp³-hybridized carbons (Fsp3) is 0.222. The fourth-order valence-corrected chi connectivity index (χ4v) is 2.73. The van der Waals surface area contributed by atoms with Crippen molar-refractivity contribution in [2.45, 2.75) is 4.34 Å². The van der Waals surface area contributed by atoms with Crippen molar-refractivity contribution in [3.05, 3.63) is 22.2 Å². The number of furan rings is 1. The fourth-order valence-electron chi connectivity index (χ4n) is 1.09. The maximum absolute atomic E-state index is 11.0. The molecule has 10 heteroatoms. The number of hydrogen-bond donors (Lipinski definition) is 0. The summed E-state index contributed by atoms with van der Waals surface area (Å²) in [5, 5.41) is 18.6. The van der Waals surface area contributed by atoms with Gasteiger partial charge < -0.3 is 9.15 Å². The zero-order valence-electron chi connectivity index (χ0n) is 9.56. The predicted molar refractivity (Wildman–Crippen MR) is 67.0 cm³/mol. The molecule has 0 aliphatic heterocycles. The maximum atomic E-state index is 11.0. The van der Waals surface area contributed by atoms with Crippen molar-refractivity contribution >= 4 is 35.0 Å².